The van der Waals surface area contributed by atoms with Crippen molar-refractivity contribution in [2.45, 2.75) is 26.3 Å². The normalized spacial score (nSPS) is 11.2. The van der Waals surface area contributed by atoms with Crippen molar-refractivity contribution in [3.8, 4) is 0 Å². The highest BCUT2D eigenvalue weighted by Gasteiger charge is 2.13. The van der Waals surface area contributed by atoms with E-state index in [9.17, 15) is 9.18 Å². The highest BCUT2D eigenvalue weighted by Crippen LogP contribution is 2.26. The number of halogens is 1. The summed E-state index contributed by atoms with van der Waals surface area (Å²) in [5.74, 6) is -0.233. The lowest BCUT2D eigenvalue weighted by Gasteiger charge is -2.09. The molecule has 0 saturated heterocycles. The summed E-state index contributed by atoms with van der Waals surface area (Å²) in [6, 6.07) is 5.17. The quantitative estimate of drug-likeness (QED) is 0.727. The van der Waals surface area contributed by atoms with Crippen molar-refractivity contribution in [2.75, 3.05) is 0 Å². The molecule has 2 aromatic rings. The molecule has 0 radical (unpaired) electrons. The van der Waals surface area contributed by atoms with Gasteiger partial charge < -0.3 is 9.36 Å². The van der Waals surface area contributed by atoms with Crippen LogP contribution in [0.2, 0.25) is 0 Å². The maximum Gasteiger partial charge on any atom is 0.147 e. The largest absolute Gasteiger partial charge is 0.342 e. The van der Waals surface area contributed by atoms with E-state index in [0.717, 1.165) is 17.2 Å². The van der Waals surface area contributed by atoms with E-state index >= 15 is 0 Å². The second kappa shape index (κ2) is 4.08. The molecule has 2 rings (SSSR count). The SMILES string of the molecule is CC(C)n1cc(CC=O)c2cccc(F)c21. The van der Waals surface area contributed by atoms with E-state index < -0.39 is 0 Å². The first-order valence-corrected chi connectivity index (χ1v) is 5.36. The van der Waals surface area contributed by atoms with Gasteiger partial charge in [0.1, 0.15) is 12.1 Å². The number of para-hydroxylation sites is 1. The fourth-order valence-corrected chi connectivity index (χ4v) is 2.00. The molecule has 0 bridgehead atoms. The summed E-state index contributed by atoms with van der Waals surface area (Å²) in [5.41, 5.74) is 1.48. The molecule has 0 aliphatic heterocycles. The molecule has 3 heteroatoms. The van der Waals surface area contributed by atoms with E-state index in [1.54, 1.807) is 6.07 Å². The Labute approximate surface area is 93.7 Å². The number of carbonyl (C=O) groups is 1. The van der Waals surface area contributed by atoms with Gasteiger partial charge in [-0.3, -0.25) is 0 Å². The van der Waals surface area contributed by atoms with Crippen LogP contribution in [-0.2, 0) is 11.2 Å². The number of hydrogen-bond donors (Lipinski definition) is 0. The van der Waals surface area contributed by atoms with Gasteiger partial charge in [0.2, 0.25) is 0 Å². The van der Waals surface area contributed by atoms with Gasteiger partial charge in [-0.25, -0.2) is 4.39 Å². The van der Waals surface area contributed by atoms with Crippen molar-refractivity contribution >= 4 is 17.2 Å². The molecule has 1 aromatic carbocycles. The van der Waals surface area contributed by atoms with Gasteiger partial charge >= 0.3 is 0 Å². The molecule has 1 heterocycles. The zero-order chi connectivity index (χ0) is 11.7. The standard InChI is InChI=1S/C13H14FNO/c1-9(2)15-8-10(6-7-16)11-4-3-5-12(14)13(11)15/h3-5,7-9H,6H2,1-2H3. The zero-order valence-electron chi connectivity index (χ0n) is 9.40. The van der Waals surface area contributed by atoms with E-state index in [1.165, 1.54) is 6.07 Å². The van der Waals surface area contributed by atoms with E-state index in [-0.39, 0.29) is 11.9 Å². The lowest BCUT2D eigenvalue weighted by atomic mass is 10.1. The Balaban J connectivity index is 2.76. The Kier molecular flexibility index (Phi) is 2.77. The van der Waals surface area contributed by atoms with Gasteiger partial charge in [0.05, 0.1) is 5.52 Å². The fourth-order valence-electron chi connectivity index (χ4n) is 2.00. The van der Waals surface area contributed by atoms with Crippen molar-refractivity contribution in [1.82, 2.24) is 4.57 Å². The molecule has 0 fully saturated rings. The Morgan fingerprint density at radius 1 is 1.44 bits per heavy atom. The highest BCUT2D eigenvalue weighted by molar-refractivity contribution is 5.86. The smallest absolute Gasteiger partial charge is 0.147 e. The number of aldehydes is 1. The number of rotatable bonds is 3. The lowest BCUT2D eigenvalue weighted by molar-refractivity contribution is -0.107. The molecular formula is C13H14FNO. The van der Waals surface area contributed by atoms with Crippen LogP contribution >= 0.6 is 0 Å². The minimum Gasteiger partial charge on any atom is -0.342 e. The number of nitrogens with zero attached hydrogens (tertiary/aromatic N) is 1. The molecule has 1 aromatic heterocycles. The summed E-state index contributed by atoms with van der Waals surface area (Å²) in [7, 11) is 0. The van der Waals surface area contributed by atoms with Crippen LogP contribution in [0.15, 0.2) is 24.4 Å². The van der Waals surface area contributed by atoms with E-state index in [0.29, 0.717) is 11.9 Å². The zero-order valence-corrected chi connectivity index (χ0v) is 9.40. The molecule has 0 spiro atoms. The molecule has 2 nitrogen and oxygen atoms in total. The molecule has 0 atom stereocenters. The third-order valence-electron chi connectivity index (χ3n) is 2.75. The van der Waals surface area contributed by atoms with E-state index in [4.69, 9.17) is 0 Å². The van der Waals surface area contributed by atoms with Gasteiger partial charge in [0, 0.05) is 24.0 Å². The Bertz CT molecular complexity index is 528. The van der Waals surface area contributed by atoms with Crippen LogP contribution in [0.4, 0.5) is 4.39 Å². The maximum absolute atomic E-state index is 13.8. The monoisotopic (exact) mass is 219 g/mol. The van der Waals surface area contributed by atoms with E-state index in [1.807, 2.05) is 30.7 Å². The van der Waals surface area contributed by atoms with Crippen LogP contribution in [0.1, 0.15) is 25.5 Å². The second-order valence-electron chi connectivity index (χ2n) is 4.16. The molecular weight excluding hydrogens is 205 g/mol. The Morgan fingerprint density at radius 2 is 2.19 bits per heavy atom. The molecule has 0 aliphatic rings. The van der Waals surface area contributed by atoms with Crippen molar-refractivity contribution < 1.29 is 9.18 Å². The average molecular weight is 219 g/mol. The third kappa shape index (κ3) is 1.62. The number of carbonyl (C=O) groups excluding carboxylic acids is 1. The van der Waals surface area contributed by atoms with Crippen LogP contribution in [0, 0.1) is 5.82 Å². The van der Waals surface area contributed by atoms with E-state index in [2.05, 4.69) is 0 Å². The molecule has 16 heavy (non-hydrogen) atoms. The van der Waals surface area contributed by atoms with Crippen molar-refractivity contribution in [2.24, 2.45) is 0 Å². The first-order valence-electron chi connectivity index (χ1n) is 5.36. The minimum atomic E-state index is -0.233. The topological polar surface area (TPSA) is 22.0 Å². The molecule has 0 unspecified atom stereocenters. The minimum absolute atomic E-state index is 0.180. The molecule has 0 saturated carbocycles. The Morgan fingerprint density at radius 3 is 2.81 bits per heavy atom. The summed E-state index contributed by atoms with van der Waals surface area (Å²) in [5, 5.41) is 0.834. The predicted octanol–water partition coefficient (Wildman–Crippen LogP) is 3.10. The average Bonchev–Trinajstić information content (AvgIpc) is 2.60. The summed E-state index contributed by atoms with van der Waals surface area (Å²) >= 11 is 0. The third-order valence-corrected chi connectivity index (χ3v) is 2.75. The van der Waals surface area contributed by atoms with Gasteiger partial charge in [0.15, 0.2) is 0 Å². The predicted molar refractivity (Wildman–Crippen MR) is 62.0 cm³/mol. The van der Waals surface area contributed by atoms with Gasteiger partial charge in [-0.1, -0.05) is 12.1 Å². The first-order chi connectivity index (χ1) is 7.65. The summed E-state index contributed by atoms with van der Waals surface area (Å²) in [4.78, 5) is 10.6. The molecule has 0 aliphatic carbocycles. The van der Waals surface area contributed by atoms with Crippen LogP contribution in [0.3, 0.4) is 0 Å². The second-order valence-corrected chi connectivity index (χ2v) is 4.16. The number of aromatic nitrogens is 1. The van der Waals surface area contributed by atoms with Crippen molar-refractivity contribution in [3.05, 3.63) is 35.8 Å². The van der Waals surface area contributed by atoms with Gasteiger partial charge in [-0.2, -0.15) is 0 Å². The number of benzene rings is 1. The number of hydrogen-bond acceptors (Lipinski definition) is 1. The van der Waals surface area contributed by atoms with Gasteiger partial charge in [-0.05, 0) is 25.5 Å². The van der Waals surface area contributed by atoms with Crippen LogP contribution in [-0.4, -0.2) is 10.9 Å². The fraction of sp³-hybridized carbons (Fsp3) is 0.308. The van der Waals surface area contributed by atoms with Crippen molar-refractivity contribution in [3.63, 3.8) is 0 Å². The van der Waals surface area contributed by atoms with Crippen LogP contribution < -0.4 is 0 Å². The van der Waals surface area contributed by atoms with Gasteiger partial charge in [-0.15, -0.1) is 0 Å². The van der Waals surface area contributed by atoms with Gasteiger partial charge in [0.25, 0.3) is 0 Å². The Hall–Kier alpha value is -1.64. The van der Waals surface area contributed by atoms with Crippen LogP contribution in [0.25, 0.3) is 10.9 Å². The molecule has 84 valence electrons. The molecule has 0 amide bonds. The first kappa shape index (κ1) is 10.9. The summed E-state index contributed by atoms with van der Waals surface area (Å²) in [6.07, 6.45) is 3.05. The highest BCUT2D eigenvalue weighted by atomic mass is 19.1. The van der Waals surface area contributed by atoms with Crippen molar-refractivity contribution in [1.29, 1.82) is 0 Å². The lowest BCUT2D eigenvalue weighted by Crippen LogP contribution is -1.99. The summed E-state index contributed by atoms with van der Waals surface area (Å²) < 4.78 is 15.6. The van der Waals surface area contributed by atoms with Crippen LogP contribution in [0.5, 0.6) is 0 Å². The number of fused-ring (bicyclic) bond motifs is 1. The maximum atomic E-state index is 13.8. The summed E-state index contributed by atoms with van der Waals surface area (Å²) in [6.45, 7) is 3.99. The molecule has 0 N–H and O–H groups in total.